The van der Waals surface area contributed by atoms with E-state index < -0.39 is 11.2 Å². The van der Waals surface area contributed by atoms with Crippen LogP contribution < -0.4 is 0 Å². The Morgan fingerprint density at radius 3 is 2.10 bits per heavy atom. The molecule has 0 radical (unpaired) electrons. The lowest BCUT2D eigenvalue weighted by Gasteiger charge is -2.29. The Morgan fingerprint density at radius 1 is 0.952 bits per heavy atom. The van der Waals surface area contributed by atoms with Crippen LogP contribution in [0.25, 0.3) is 0 Å². The van der Waals surface area contributed by atoms with Crippen LogP contribution in [-0.4, -0.2) is 36.4 Å². The van der Waals surface area contributed by atoms with E-state index in [2.05, 4.69) is 0 Å². The molecule has 0 aliphatic rings. The summed E-state index contributed by atoms with van der Waals surface area (Å²) in [4.78, 5) is 22.6. The molecule has 0 aromatic rings. The Labute approximate surface area is 128 Å². The van der Waals surface area contributed by atoms with Crippen molar-refractivity contribution in [3.8, 4) is 0 Å². The van der Waals surface area contributed by atoms with E-state index in [4.69, 9.17) is 14.2 Å². The van der Waals surface area contributed by atoms with Crippen molar-refractivity contribution in [1.82, 2.24) is 0 Å². The summed E-state index contributed by atoms with van der Waals surface area (Å²) in [6.45, 7) is 11.8. The van der Waals surface area contributed by atoms with Gasteiger partial charge in [0.15, 0.2) is 0 Å². The SMILES string of the molecule is CCCC(=O)OCC(C)(C)OCCC(C)(C)OC(=O)CC. The third-order valence-electron chi connectivity index (χ3n) is 2.91. The van der Waals surface area contributed by atoms with Crippen LogP contribution in [0.3, 0.4) is 0 Å². The number of hydrogen-bond acceptors (Lipinski definition) is 5. The minimum atomic E-state index is -0.554. The number of rotatable bonds is 10. The molecule has 5 heteroatoms. The van der Waals surface area contributed by atoms with Crippen molar-refractivity contribution < 1.29 is 23.8 Å². The van der Waals surface area contributed by atoms with Gasteiger partial charge in [0.05, 0.1) is 12.2 Å². The molecular weight excluding hydrogens is 272 g/mol. The van der Waals surface area contributed by atoms with Gasteiger partial charge in [-0.2, -0.15) is 0 Å². The monoisotopic (exact) mass is 302 g/mol. The fourth-order valence-corrected chi connectivity index (χ4v) is 1.58. The van der Waals surface area contributed by atoms with Gasteiger partial charge in [0.2, 0.25) is 0 Å². The topological polar surface area (TPSA) is 61.8 Å². The van der Waals surface area contributed by atoms with Crippen LogP contribution in [0.5, 0.6) is 0 Å². The second-order valence-corrected chi connectivity index (χ2v) is 6.36. The highest BCUT2D eigenvalue weighted by Crippen LogP contribution is 2.18. The van der Waals surface area contributed by atoms with Gasteiger partial charge in [-0.05, 0) is 34.1 Å². The Balaban J connectivity index is 4.07. The molecule has 0 fully saturated rings. The maximum atomic E-state index is 11.3. The lowest BCUT2D eigenvalue weighted by molar-refractivity contribution is -0.162. The Morgan fingerprint density at radius 2 is 1.57 bits per heavy atom. The molecule has 0 unspecified atom stereocenters. The van der Waals surface area contributed by atoms with E-state index in [-0.39, 0.29) is 18.5 Å². The highest BCUT2D eigenvalue weighted by molar-refractivity contribution is 5.69. The van der Waals surface area contributed by atoms with Crippen molar-refractivity contribution in [2.45, 2.75) is 78.4 Å². The first kappa shape index (κ1) is 19.9. The van der Waals surface area contributed by atoms with E-state index >= 15 is 0 Å². The van der Waals surface area contributed by atoms with Crippen LogP contribution in [0.2, 0.25) is 0 Å². The second-order valence-electron chi connectivity index (χ2n) is 6.36. The molecule has 0 rings (SSSR count). The smallest absolute Gasteiger partial charge is 0.306 e. The van der Waals surface area contributed by atoms with E-state index in [0.29, 0.717) is 25.9 Å². The predicted molar refractivity (Wildman–Crippen MR) is 81.0 cm³/mol. The Hall–Kier alpha value is -1.10. The van der Waals surface area contributed by atoms with Gasteiger partial charge in [0.1, 0.15) is 12.2 Å². The molecule has 0 amide bonds. The molecule has 0 bridgehead atoms. The molecule has 0 aliphatic heterocycles. The van der Waals surface area contributed by atoms with Gasteiger partial charge < -0.3 is 14.2 Å². The molecule has 0 atom stereocenters. The molecule has 5 nitrogen and oxygen atoms in total. The molecule has 21 heavy (non-hydrogen) atoms. The highest BCUT2D eigenvalue weighted by atomic mass is 16.6. The summed E-state index contributed by atoms with van der Waals surface area (Å²) < 4.78 is 16.2. The molecule has 0 saturated heterocycles. The normalized spacial score (nSPS) is 12.1. The number of carbonyl (C=O) groups excluding carboxylic acids is 2. The summed E-state index contributed by atoms with van der Waals surface area (Å²) in [5.41, 5.74) is -1.10. The lowest BCUT2D eigenvalue weighted by Crippen LogP contribution is -2.35. The third-order valence-corrected chi connectivity index (χ3v) is 2.91. The Kier molecular flexibility index (Phi) is 8.55. The van der Waals surface area contributed by atoms with Crippen molar-refractivity contribution in [2.75, 3.05) is 13.2 Å². The molecule has 0 N–H and O–H groups in total. The van der Waals surface area contributed by atoms with Gasteiger partial charge in [0, 0.05) is 19.3 Å². The first-order valence-electron chi connectivity index (χ1n) is 7.63. The molecule has 0 spiro atoms. The quantitative estimate of drug-likeness (QED) is 0.580. The predicted octanol–water partition coefficient (Wildman–Crippen LogP) is 3.25. The molecule has 0 aromatic carbocycles. The molecule has 0 saturated carbocycles. The molecule has 124 valence electrons. The first-order chi connectivity index (χ1) is 9.62. The lowest BCUT2D eigenvalue weighted by atomic mass is 10.1. The average Bonchev–Trinajstić information content (AvgIpc) is 2.35. The number of carbonyl (C=O) groups is 2. The van der Waals surface area contributed by atoms with Crippen LogP contribution >= 0.6 is 0 Å². The maximum absolute atomic E-state index is 11.3. The fraction of sp³-hybridized carbons (Fsp3) is 0.875. The zero-order valence-corrected chi connectivity index (χ0v) is 14.3. The van der Waals surface area contributed by atoms with Crippen LogP contribution in [0.15, 0.2) is 0 Å². The van der Waals surface area contributed by atoms with Gasteiger partial charge in [-0.3, -0.25) is 9.59 Å². The van der Waals surface area contributed by atoms with E-state index in [1.807, 2.05) is 34.6 Å². The summed E-state index contributed by atoms with van der Waals surface area (Å²) in [5, 5.41) is 0. The summed E-state index contributed by atoms with van der Waals surface area (Å²) >= 11 is 0. The van der Waals surface area contributed by atoms with E-state index in [1.165, 1.54) is 0 Å². The van der Waals surface area contributed by atoms with Crippen molar-refractivity contribution >= 4 is 11.9 Å². The molecule has 0 aromatic heterocycles. The number of esters is 2. The van der Waals surface area contributed by atoms with Gasteiger partial charge in [-0.15, -0.1) is 0 Å². The zero-order chi connectivity index (χ0) is 16.5. The van der Waals surface area contributed by atoms with Crippen molar-refractivity contribution in [1.29, 1.82) is 0 Å². The third kappa shape index (κ3) is 10.3. The first-order valence-corrected chi connectivity index (χ1v) is 7.63. The maximum Gasteiger partial charge on any atom is 0.306 e. The molecule has 0 heterocycles. The Bertz CT molecular complexity index is 334. The zero-order valence-electron chi connectivity index (χ0n) is 14.3. The number of ether oxygens (including phenoxy) is 3. The standard InChI is InChI=1S/C16H30O5/c1-7-9-14(18)19-12-16(5,6)20-11-10-15(3,4)21-13(17)8-2/h7-12H2,1-6H3. The van der Waals surface area contributed by atoms with Crippen LogP contribution in [0, 0.1) is 0 Å². The van der Waals surface area contributed by atoms with Gasteiger partial charge in [-0.25, -0.2) is 0 Å². The van der Waals surface area contributed by atoms with Crippen LogP contribution in [0.4, 0.5) is 0 Å². The van der Waals surface area contributed by atoms with Gasteiger partial charge in [0.25, 0.3) is 0 Å². The van der Waals surface area contributed by atoms with Crippen molar-refractivity contribution in [3.05, 3.63) is 0 Å². The largest absolute Gasteiger partial charge is 0.463 e. The fourth-order valence-electron chi connectivity index (χ4n) is 1.58. The minimum Gasteiger partial charge on any atom is -0.463 e. The van der Waals surface area contributed by atoms with E-state index in [1.54, 1.807) is 6.92 Å². The van der Waals surface area contributed by atoms with Crippen LogP contribution in [-0.2, 0) is 23.8 Å². The van der Waals surface area contributed by atoms with Gasteiger partial charge >= 0.3 is 11.9 Å². The minimum absolute atomic E-state index is 0.202. The summed E-state index contributed by atoms with van der Waals surface area (Å²) in [6.07, 6.45) is 2.15. The second kappa shape index (κ2) is 9.03. The van der Waals surface area contributed by atoms with Crippen molar-refractivity contribution in [2.24, 2.45) is 0 Å². The van der Waals surface area contributed by atoms with E-state index in [9.17, 15) is 9.59 Å². The summed E-state index contributed by atoms with van der Waals surface area (Å²) in [6, 6.07) is 0. The molecule has 0 aliphatic carbocycles. The molecular formula is C16H30O5. The highest BCUT2D eigenvalue weighted by Gasteiger charge is 2.25. The van der Waals surface area contributed by atoms with Crippen LogP contribution in [0.1, 0.15) is 67.2 Å². The van der Waals surface area contributed by atoms with Crippen molar-refractivity contribution in [3.63, 3.8) is 0 Å². The average molecular weight is 302 g/mol. The number of hydrogen-bond donors (Lipinski definition) is 0. The van der Waals surface area contributed by atoms with E-state index in [0.717, 1.165) is 6.42 Å². The van der Waals surface area contributed by atoms with Gasteiger partial charge in [-0.1, -0.05) is 13.8 Å². The summed E-state index contributed by atoms with van der Waals surface area (Å²) in [5.74, 6) is -0.417. The summed E-state index contributed by atoms with van der Waals surface area (Å²) in [7, 11) is 0.